The predicted octanol–water partition coefficient (Wildman–Crippen LogP) is 1.58. The van der Waals surface area contributed by atoms with Crippen molar-refractivity contribution in [3.63, 3.8) is 0 Å². The van der Waals surface area contributed by atoms with Crippen LogP contribution >= 0.6 is 15.9 Å². The molecule has 0 radical (unpaired) electrons. The van der Waals surface area contributed by atoms with Crippen molar-refractivity contribution in [3.8, 4) is 0 Å². The number of hydrazine groups is 1. The minimum absolute atomic E-state index is 0.0121. The topological polar surface area (TPSA) is 32.3 Å². The molecule has 3 nitrogen and oxygen atoms in total. The first-order valence-corrected chi connectivity index (χ1v) is 5.09. The van der Waals surface area contributed by atoms with Gasteiger partial charge in [-0.1, -0.05) is 34.1 Å². The molecule has 0 fully saturated rings. The highest BCUT2D eigenvalue weighted by Crippen LogP contribution is 2.15. The maximum Gasteiger partial charge on any atom is 0.238 e. The highest BCUT2D eigenvalue weighted by Gasteiger charge is 2.05. The van der Waals surface area contributed by atoms with Crippen molar-refractivity contribution in [1.82, 2.24) is 10.4 Å². The fourth-order valence-electron chi connectivity index (χ4n) is 1.10. The van der Waals surface area contributed by atoms with Gasteiger partial charge in [0.1, 0.15) is 0 Å². The van der Waals surface area contributed by atoms with E-state index < -0.39 is 0 Å². The van der Waals surface area contributed by atoms with E-state index in [1.165, 1.54) is 0 Å². The second kappa shape index (κ2) is 5.12. The lowest BCUT2D eigenvalue weighted by Crippen LogP contribution is -2.37. The molecule has 1 amide bonds. The van der Waals surface area contributed by atoms with Gasteiger partial charge in [-0.15, -0.1) is 0 Å². The second-order valence-electron chi connectivity index (χ2n) is 3.20. The Bertz CT molecular complexity index is 326. The molecule has 1 aromatic rings. The molecule has 0 saturated heterocycles. The van der Waals surface area contributed by atoms with Gasteiger partial charge in [-0.25, -0.2) is 5.01 Å². The van der Waals surface area contributed by atoms with Crippen molar-refractivity contribution in [3.05, 3.63) is 34.3 Å². The number of benzene rings is 1. The van der Waals surface area contributed by atoms with Crippen molar-refractivity contribution in [2.45, 2.75) is 6.42 Å². The first-order chi connectivity index (χ1) is 6.59. The lowest BCUT2D eigenvalue weighted by atomic mass is 10.1. The number of carbonyl (C=O) groups excluding carboxylic acids is 1. The molecule has 76 valence electrons. The van der Waals surface area contributed by atoms with Crippen molar-refractivity contribution in [1.29, 1.82) is 0 Å². The van der Waals surface area contributed by atoms with Crippen LogP contribution in [0.25, 0.3) is 0 Å². The Morgan fingerprint density at radius 1 is 1.43 bits per heavy atom. The van der Waals surface area contributed by atoms with E-state index in [0.717, 1.165) is 10.0 Å². The third kappa shape index (κ3) is 3.47. The summed E-state index contributed by atoms with van der Waals surface area (Å²) in [7, 11) is 3.58. The maximum absolute atomic E-state index is 11.4. The lowest BCUT2D eigenvalue weighted by Gasteiger charge is -2.12. The summed E-state index contributed by atoms with van der Waals surface area (Å²) in [5.41, 5.74) is 3.68. The summed E-state index contributed by atoms with van der Waals surface area (Å²) < 4.78 is 0.967. The van der Waals surface area contributed by atoms with Gasteiger partial charge in [0.05, 0.1) is 6.42 Å². The Morgan fingerprint density at radius 2 is 2.07 bits per heavy atom. The molecule has 0 spiro atoms. The maximum atomic E-state index is 11.4. The number of hydrogen-bond acceptors (Lipinski definition) is 2. The summed E-state index contributed by atoms with van der Waals surface area (Å²) in [6, 6.07) is 7.71. The third-order valence-corrected chi connectivity index (χ3v) is 2.43. The molecule has 0 unspecified atom stereocenters. The van der Waals surface area contributed by atoms with Crippen LogP contribution in [0.15, 0.2) is 28.7 Å². The highest BCUT2D eigenvalue weighted by atomic mass is 79.9. The second-order valence-corrected chi connectivity index (χ2v) is 4.05. The smallest absolute Gasteiger partial charge is 0.238 e. The average molecular weight is 257 g/mol. The monoisotopic (exact) mass is 256 g/mol. The first-order valence-electron chi connectivity index (χ1n) is 4.30. The van der Waals surface area contributed by atoms with Gasteiger partial charge in [-0.3, -0.25) is 10.2 Å². The molecular formula is C10H13BrN2O. The van der Waals surface area contributed by atoms with Crippen LogP contribution in [0.4, 0.5) is 0 Å². The number of nitrogens with zero attached hydrogens (tertiary/aromatic N) is 1. The Hall–Kier alpha value is -0.870. The zero-order valence-electron chi connectivity index (χ0n) is 8.25. The van der Waals surface area contributed by atoms with Crippen LogP contribution in [0, 0.1) is 0 Å². The minimum Gasteiger partial charge on any atom is -0.289 e. The standard InChI is InChI=1S/C10H13BrN2O/c1-13(2)12-10(14)7-8-5-3-4-6-9(8)11/h3-6H,7H2,1-2H3,(H,12,14). The molecular weight excluding hydrogens is 244 g/mol. The van der Waals surface area contributed by atoms with Crippen molar-refractivity contribution >= 4 is 21.8 Å². The number of halogens is 1. The SMILES string of the molecule is CN(C)NC(=O)Cc1ccccc1Br. The highest BCUT2D eigenvalue weighted by molar-refractivity contribution is 9.10. The summed E-state index contributed by atoms with van der Waals surface area (Å²) in [6.07, 6.45) is 0.388. The van der Waals surface area contributed by atoms with E-state index >= 15 is 0 Å². The lowest BCUT2D eigenvalue weighted by molar-refractivity contribution is -0.124. The Kier molecular flexibility index (Phi) is 4.10. The molecule has 1 aromatic carbocycles. The van der Waals surface area contributed by atoms with Crippen LogP contribution in [0.1, 0.15) is 5.56 Å². The quantitative estimate of drug-likeness (QED) is 0.834. The molecule has 0 aliphatic rings. The number of nitrogens with one attached hydrogen (secondary N) is 1. The van der Waals surface area contributed by atoms with E-state index in [0.29, 0.717) is 6.42 Å². The zero-order chi connectivity index (χ0) is 10.6. The van der Waals surface area contributed by atoms with Crippen molar-refractivity contribution in [2.24, 2.45) is 0 Å². The summed E-state index contributed by atoms with van der Waals surface area (Å²) in [5, 5.41) is 1.64. The molecule has 0 aliphatic heterocycles. The van der Waals surface area contributed by atoms with Gasteiger partial charge in [0, 0.05) is 18.6 Å². The minimum atomic E-state index is -0.0121. The fourth-order valence-corrected chi connectivity index (χ4v) is 1.53. The van der Waals surface area contributed by atoms with Crippen LogP contribution in [0.3, 0.4) is 0 Å². The summed E-state index contributed by atoms with van der Waals surface area (Å²) in [5.74, 6) is -0.0121. The fraction of sp³-hybridized carbons (Fsp3) is 0.300. The number of hydrogen-bond donors (Lipinski definition) is 1. The summed E-state index contributed by atoms with van der Waals surface area (Å²) in [4.78, 5) is 11.4. The van der Waals surface area contributed by atoms with E-state index in [4.69, 9.17) is 0 Å². The Labute approximate surface area is 92.2 Å². The molecule has 0 aliphatic carbocycles. The average Bonchev–Trinajstić information content (AvgIpc) is 2.07. The van der Waals surface area contributed by atoms with Crippen LogP contribution < -0.4 is 5.43 Å². The molecule has 1 rings (SSSR count). The third-order valence-electron chi connectivity index (χ3n) is 1.66. The number of amides is 1. The van der Waals surface area contributed by atoms with E-state index in [9.17, 15) is 4.79 Å². The summed E-state index contributed by atoms with van der Waals surface area (Å²) in [6.45, 7) is 0. The van der Waals surface area contributed by atoms with Crippen molar-refractivity contribution < 1.29 is 4.79 Å². The van der Waals surface area contributed by atoms with Crippen LogP contribution in [-0.2, 0) is 11.2 Å². The largest absolute Gasteiger partial charge is 0.289 e. The van der Waals surface area contributed by atoms with Gasteiger partial charge in [0.15, 0.2) is 0 Å². The Morgan fingerprint density at radius 3 is 2.64 bits per heavy atom. The van der Waals surface area contributed by atoms with Crippen LogP contribution in [0.5, 0.6) is 0 Å². The molecule has 14 heavy (non-hydrogen) atoms. The molecule has 0 heterocycles. The molecule has 0 aromatic heterocycles. The van der Waals surface area contributed by atoms with E-state index in [1.807, 2.05) is 24.3 Å². The van der Waals surface area contributed by atoms with E-state index in [-0.39, 0.29) is 5.91 Å². The molecule has 1 N–H and O–H groups in total. The Balaban J connectivity index is 2.61. The van der Waals surface area contributed by atoms with E-state index in [1.54, 1.807) is 19.1 Å². The van der Waals surface area contributed by atoms with E-state index in [2.05, 4.69) is 21.4 Å². The van der Waals surface area contributed by atoms with Crippen LogP contribution in [0.2, 0.25) is 0 Å². The normalized spacial score (nSPS) is 10.3. The molecule has 0 bridgehead atoms. The van der Waals surface area contributed by atoms with Gasteiger partial charge in [-0.2, -0.15) is 0 Å². The molecule has 0 saturated carbocycles. The number of rotatable bonds is 3. The summed E-state index contributed by atoms with van der Waals surface area (Å²) >= 11 is 3.40. The van der Waals surface area contributed by atoms with Gasteiger partial charge in [0.25, 0.3) is 0 Å². The van der Waals surface area contributed by atoms with Crippen molar-refractivity contribution in [2.75, 3.05) is 14.1 Å². The first kappa shape index (κ1) is 11.2. The van der Waals surface area contributed by atoms with Gasteiger partial charge < -0.3 is 0 Å². The van der Waals surface area contributed by atoms with Gasteiger partial charge in [-0.05, 0) is 11.6 Å². The molecule has 0 atom stereocenters. The van der Waals surface area contributed by atoms with Gasteiger partial charge >= 0.3 is 0 Å². The predicted molar refractivity (Wildman–Crippen MR) is 59.7 cm³/mol. The van der Waals surface area contributed by atoms with Crippen LogP contribution in [-0.4, -0.2) is 25.0 Å². The molecule has 4 heteroatoms. The zero-order valence-corrected chi connectivity index (χ0v) is 9.84. The number of carbonyl (C=O) groups is 1. The van der Waals surface area contributed by atoms with Gasteiger partial charge in [0.2, 0.25) is 5.91 Å².